The number of ketones is 1. The summed E-state index contributed by atoms with van der Waals surface area (Å²) in [5.74, 6) is -2.15. The van der Waals surface area contributed by atoms with E-state index in [-0.39, 0.29) is 22.9 Å². The van der Waals surface area contributed by atoms with Crippen molar-refractivity contribution in [2.45, 2.75) is 6.92 Å². The van der Waals surface area contributed by atoms with E-state index in [2.05, 4.69) is 32.8 Å². The molecule has 5 nitrogen and oxygen atoms in total. The lowest BCUT2D eigenvalue weighted by Gasteiger charge is -2.14. The number of aromatic nitrogens is 1. The van der Waals surface area contributed by atoms with Crippen LogP contribution in [-0.4, -0.2) is 10.8 Å². The number of H-pyrrole nitrogens is 1. The fourth-order valence-corrected chi connectivity index (χ4v) is 3.93. The highest BCUT2D eigenvalue weighted by Gasteiger charge is 2.17. The molecule has 0 radical (unpaired) electrons. The van der Waals surface area contributed by atoms with Crippen molar-refractivity contribution in [3.05, 3.63) is 112 Å². The minimum absolute atomic E-state index is 0.116. The number of hydrogen-bond acceptors (Lipinski definition) is 4. The van der Waals surface area contributed by atoms with Crippen LogP contribution in [0.2, 0.25) is 0 Å². The Morgan fingerprint density at radius 2 is 1.91 bits per heavy atom. The predicted octanol–water partition coefficient (Wildman–Crippen LogP) is 6.96. The number of aryl methyl sites for hydroxylation is 1. The van der Waals surface area contributed by atoms with Crippen LogP contribution in [0.25, 0.3) is 10.9 Å². The summed E-state index contributed by atoms with van der Waals surface area (Å²) in [5.41, 5.74) is 8.93. The van der Waals surface area contributed by atoms with E-state index in [1.165, 1.54) is 18.2 Å². The SMILES string of the molecule is C=C/C(C(=O)c1cc2c(Br)cccc2[nH]1)=C(/N)Nc1ccc(Oc2cccc(F)c2F)cc1C. The number of benzene rings is 3. The average molecular weight is 524 g/mol. The summed E-state index contributed by atoms with van der Waals surface area (Å²) in [5, 5.41) is 3.90. The highest BCUT2D eigenvalue weighted by atomic mass is 79.9. The van der Waals surface area contributed by atoms with Gasteiger partial charge in [0.05, 0.1) is 11.3 Å². The van der Waals surface area contributed by atoms with E-state index >= 15 is 0 Å². The summed E-state index contributed by atoms with van der Waals surface area (Å²) in [7, 11) is 0. The Kier molecular flexibility index (Phi) is 6.51. The quantitative estimate of drug-likeness (QED) is 0.139. The number of anilines is 1. The minimum Gasteiger partial charge on any atom is -0.454 e. The molecule has 0 atom stereocenters. The predicted molar refractivity (Wildman–Crippen MR) is 133 cm³/mol. The molecular weight excluding hydrogens is 504 g/mol. The van der Waals surface area contributed by atoms with Crippen molar-refractivity contribution in [3.63, 3.8) is 0 Å². The minimum atomic E-state index is -1.06. The van der Waals surface area contributed by atoms with Gasteiger partial charge in [0.1, 0.15) is 11.6 Å². The van der Waals surface area contributed by atoms with Crippen molar-refractivity contribution in [2.24, 2.45) is 5.73 Å². The van der Waals surface area contributed by atoms with Crippen LogP contribution in [0.5, 0.6) is 11.5 Å². The Morgan fingerprint density at radius 3 is 2.62 bits per heavy atom. The topological polar surface area (TPSA) is 80.1 Å². The molecule has 0 fully saturated rings. The largest absolute Gasteiger partial charge is 0.454 e. The van der Waals surface area contributed by atoms with Crippen LogP contribution in [-0.2, 0) is 0 Å². The van der Waals surface area contributed by atoms with Crippen LogP contribution >= 0.6 is 15.9 Å². The van der Waals surface area contributed by atoms with E-state index in [4.69, 9.17) is 10.5 Å². The van der Waals surface area contributed by atoms with E-state index in [9.17, 15) is 13.6 Å². The van der Waals surface area contributed by atoms with Gasteiger partial charge >= 0.3 is 0 Å². The first-order valence-electron chi connectivity index (χ1n) is 10.2. The fraction of sp³-hybridized carbons (Fsp3) is 0.0385. The third-order valence-electron chi connectivity index (χ3n) is 5.21. The molecule has 4 N–H and O–H groups in total. The summed E-state index contributed by atoms with van der Waals surface area (Å²) < 4.78 is 33.6. The number of allylic oxidation sites excluding steroid dienone is 2. The monoisotopic (exact) mass is 523 g/mol. The summed E-state index contributed by atoms with van der Waals surface area (Å²) in [6, 6.07) is 16.0. The zero-order valence-electron chi connectivity index (χ0n) is 18.1. The van der Waals surface area contributed by atoms with Gasteiger partial charge in [0, 0.05) is 21.1 Å². The molecule has 4 rings (SSSR count). The zero-order chi connectivity index (χ0) is 24.4. The maximum Gasteiger partial charge on any atom is 0.212 e. The normalized spacial score (nSPS) is 11.8. The lowest BCUT2D eigenvalue weighted by Crippen LogP contribution is -2.17. The summed E-state index contributed by atoms with van der Waals surface area (Å²) in [6.07, 6.45) is 1.39. The van der Waals surface area contributed by atoms with Gasteiger partial charge in [0.15, 0.2) is 11.6 Å². The van der Waals surface area contributed by atoms with Crippen molar-refractivity contribution in [2.75, 3.05) is 5.32 Å². The van der Waals surface area contributed by atoms with Gasteiger partial charge in [-0.25, -0.2) is 4.39 Å². The molecule has 0 aliphatic rings. The van der Waals surface area contributed by atoms with E-state index in [1.54, 1.807) is 31.2 Å². The number of halogens is 3. The third-order valence-corrected chi connectivity index (χ3v) is 5.90. The maximum absolute atomic E-state index is 13.9. The van der Waals surface area contributed by atoms with Gasteiger partial charge in [0.25, 0.3) is 0 Å². The first kappa shape index (κ1) is 23.3. The van der Waals surface area contributed by atoms with Crippen LogP contribution in [0.15, 0.2) is 89.2 Å². The molecule has 3 aromatic carbocycles. The van der Waals surface area contributed by atoms with Gasteiger partial charge in [-0.05, 0) is 61.0 Å². The molecule has 4 aromatic rings. The molecule has 0 aliphatic carbocycles. The molecular formula is C26H20BrF2N3O2. The molecule has 0 saturated carbocycles. The van der Waals surface area contributed by atoms with E-state index in [0.717, 1.165) is 21.4 Å². The van der Waals surface area contributed by atoms with Crippen LogP contribution in [0.3, 0.4) is 0 Å². The standard InChI is InChI=1S/C26H20BrF2N3O2/c1-3-16(25(33)22-13-17-18(27)6-4-8-21(17)31-22)26(30)32-20-11-10-15(12-14(20)2)34-23-9-5-7-19(28)24(23)29/h3-13,31-32H,1,30H2,2H3/b26-16+. The van der Waals surface area contributed by atoms with E-state index in [1.807, 2.05) is 18.2 Å². The lowest BCUT2D eigenvalue weighted by molar-refractivity contribution is 0.103. The molecule has 0 saturated heterocycles. The van der Waals surface area contributed by atoms with E-state index < -0.39 is 11.6 Å². The first-order valence-corrected chi connectivity index (χ1v) is 11.0. The number of hydrogen-bond donors (Lipinski definition) is 3. The molecule has 0 aliphatic heterocycles. The summed E-state index contributed by atoms with van der Waals surface area (Å²) in [4.78, 5) is 16.2. The fourth-order valence-electron chi connectivity index (χ4n) is 3.45. The first-order chi connectivity index (χ1) is 16.3. The Balaban J connectivity index is 1.58. The Hall–Kier alpha value is -3.91. The van der Waals surface area contributed by atoms with Gasteiger partial charge in [-0.15, -0.1) is 0 Å². The molecule has 34 heavy (non-hydrogen) atoms. The second-order valence-electron chi connectivity index (χ2n) is 7.50. The van der Waals surface area contributed by atoms with Crippen molar-refractivity contribution < 1.29 is 18.3 Å². The van der Waals surface area contributed by atoms with Gasteiger partial charge in [0.2, 0.25) is 11.6 Å². The molecule has 0 amide bonds. The van der Waals surface area contributed by atoms with Crippen LogP contribution < -0.4 is 15.8 Å². The molecule has 8 heteroatoms. The van der Waals surface area contributed by atoms with Crippen molar-refractivity contribution in [1.29, 1.82) is 0 Å². The van der Waals surface area contributed by atoms with Gasteiger partial charge < -0.3 is 20.8 Å². The number of nitrogens with two attached hydrogens (primary N) is 1. The molecule has 0 bridgehead atoms. The second-order valence-corrected chi connectivity index (χ2v) is 8.35. The Bertz CT molecular complexity index is 1460. The summed E-state index contributed by atoms with van der Waals surface area (Å²) >= 11 is 3.48. The van der Waals surface area contributed by atoms with E-state index in [0.29, 0.717) is 22.7 Å². The Labute approximate surface area is 203 Å². The van der Waals surface area contributed by atoms with Crippen LogP contribution in [0.4, 0.5) is 14.5 Å². The number of fused-ring (bicyclic) bond motifs is 1. The maximum atomic E-state index is 13.9. The highest BCUT2D eigenvalue weighted by molar-refractivity contribution is 9.10. The number of nitrogens with one attached hydrogen (secondary N) is 2. The van der Waals surface area contributed by atoms with Gasteiger partial charge in [-0.2, -0.15) is 4.39 Å². The smallest absolute Gasteiger partial charge is 0.212 e. The number of rotatable bonds is 7. The zero-order valence-corrected chi connectivity index (χ0v) is 19.7. The number of carbonyl (C=O) groups is 1. The van der Waals surface area contributed by atoms with Crippen molar-refractivity contribution in [1.82, 2.24) is 4.98 Å². The van der Waals surface area contributed by atoms with Gasteiger partial charge in [-0.1, -0.05) is 40.7 Å². The highest BCUT2D eigenvalue weighted by Crippen LogP contribution is 2.30. The molecule has 1 aromatic heterocycles. The molecule has 0 unspecified atom stereocenters. The number of aromatic amines is 1. The second kappa shape index (κ2) is 9.52. The Morgan fingerprint density at radius 1 is 1.15 bits per heavy atom. The molecule has 172 valence electrons. The van der Waals surface area contributed by atoms with Crippen molar-refractivity contribution in [3.8, 4) is 11.5 Å². The van der Waals surface area contributed by atoms with Crippen LogP contribution in [0, 0.1) is 18.6 Å². The number of ether oxygens (including phenoxy) is 1. The summed E-state index contributed by atoms with van der Waals surface area (Å²) in [6.45, 7) is 5.52. The van der Waals surface area contributed by atoms with Crippen molar-refractivity contribution >= 4 is 38.3 Å². The average Bonchev–Trinajstić information content (AvgIpc) is 3.25. The number of carbonyl (C=O) groups excluding carboxylic acids is 1. The molecule has 1 heterocycles. The van der Waals surface area contributed by atoms with Gasteiger partial charge in [-0.3, -0.25) is 4.79 Å². The number of Topliss-reactive ketones (excluding diaryl/α,β-unsaturated/α-hetero) is 1. The lowest BCUT2D eigenvalue weighted by atomic mass is 10.1. The molecule has 0 spiro atoms. The van der Waals surface area contributed by atoms with Crippen LogP contribution in [0.1, 0.15) is 16.1 Å². The third kappa shape index (κ3) is 4.58.